The number of carbonyl (C=O) groups is 2. The van der Waals surface area contributed by atoms with E-state index in [1.54, 1.807) is 23.5 Å². The number of hydrogen-bond donors (Lipinski definition) is 0. The smallest absolute Gasteiger partial charge is 0.337 e. The van der Waals surface area contributed by atoms with Crippen LogP contribution in [-0.2, 0) is 23.0 Å². The molecule has 2 heterocycles. The molecule has 3 aromatic rings. The number of fused-ring (bicyclic) bond motifs is 1. The molecule has 2 aromatic heterocycles. The van der Waals surface area contributed by atoms with Gasteiger partial charge in [0.05, 0.1) is 29.3 Å². The first-order valence-corrected chi connectivity index (χ1v) is 8.56. The fraction of sp³-hybridized carbons (Fsp3) is 0.188. The Morgan fingerprint density at radius 2 is 2.13 bits per heavy atom. The van der Waals surface area contributed by atoms with E-state index in [0.717, 1.165) is 15.1 Å². The summed E-state index contributed by atoms with van der Waals surface area (Å²) in [5.41, 5.74) is 1.41. The Hall–Kier alpha value is -2.25. The minimum Gasteiger partial charge on any atom is -0.465 e. The van der Waals surface area contributed by atoms with E-state index in [1.165, 1.54) is 18.4 Å². The van der Waals surface area contributed by atoms with Gasteiger partial charge in [0.1, 0.15) is 0 Å². The Kier molecular flexibility index (Phi) is 4.40. The van der Waals surface area contributed by atoms with Gasteiger partial charge in [-0.15, -0.1) is 11.3 Å². The molecule has 0 aliphatic rings. The van der Waals surface area contributed by atoms with Gasteiger partial charge in [0, 0.05) is 11.9 Å². The van der Waals surface area contributed by atoms with E-state index < -0.39 is 0 Å². The zero-order valence-corrected chi connectivity index (χ0v) is 14.2. The minimum atomic E-state index is -0.379. The van der Waals surface area contributed by atoms with Crippen molar-refractivity contribution >= 4 is 44.8 Å². The van der Waals surface area contributed by atoms with Crippen molar-refractivity contribution in [2.24, 2.45) is 12.0 Å². The number of ether oxygens (including phenoxy) is 1. The fourth-order valence-corrected chi connectivity index (χ4v) is 3.96. The maximum atomic E-state index is 12.1. The fourth-order valence-electron chi connectivity index (χ4n) is 2.19. The van der Waals surface area contributed by atoms with Crippen molar-refractivity contribution in [3.63, 3.8) is 0 Å². The molecule has 1 amide bonds. The van der Waals surface area contributed by atoms with Crippen molar-refractivity contribution in [2.45, 2.75) is 6.42 Å². The highest BCUT2D eigenvalue weighted by atomic mass is 32.1. The summed E-state index contributed by atoms with van der Waals surface area (Å²) in [6.45, 7) is 0. The Balaban J connectivity index is 1.97. The van der Waals surface area contributed by atoms with E-state index in [0.29, 0.717) is 16.8 Å². The average molecular weight is 346 g/mol. The first-order valence-electron chi connectivity index (χ1n) is 6.86. The van der Waals surface area contributed by atoms with Gasteiger partial charge in [0.2, 0.25) is 0 Å². The van der Waals surface area contributed by atoms with Crippen LogP contribution < -0.4 is 4.80 Å². The summed E-state index contributed by atoms with van der Waals surface area (Å²) in [5, 5.41) is 1.94. The predicted molar refractivity (Wildman–Crippen MR) is 90.7 cm³/mol. The third kappa shape index (κ3) is 3.25. The van der Waals surface area contributed by atoms with Crippen LogP contribution in [0.1, 0.15) is 15.2 Å². The molecule has 0 saturated heterocycles. The molecular weight excluding hydrogens is 332 g/mol. The van der Waals surface area contributed by atoms with Crippen molar-refractivity contribution in [1.29, 1.82) is 0 Å². The molecule has 0 N–H and O–H groups in total. The third-order valence-corrected chi connectivity index (χ3v) is 5.33. The van der Waals surface area contributed by atoms with Crippen molar-refractivity contribution in [3.05, 3.63) is 51.0 Å². The molecule has 7 heteroatoms. The topological polar surface area (TPSA) is 60.7 Å². The van der Waals surface area contributed by atoms with E-state index in [-0.39, 0.29) is 11.9 Å². The molecule has 0 radical (unpaired) electrons. The van der Waals surface area contributed by atoms with Gasteiger partial charge >= 0.3 is 5.97 Å². The number of thiophene rings is 1. The summed E-state index contributed by atoms with van der Waals surface area (Å²) < 4.78 is 7.47. The van der Waals surface area contributed by atoms with Crippen molar-refractivity contribution < 1.29 is 14.3 Å². The van der Waals surface area contributed by atoms with Gasteiger partial charge in [0.15, 0.2) is 4.80 Å². The van der Waals surface area contributed by atoms with Crippen LogP contribution in [0.25, 0.3) is 10.2 Å². The molecule has 0 unspecified atom stereocenters. The van der Waals surface area contributed by atoms with E-state index >= 15 is 0 Å². The number of esters is 1. The second-order valence-corrected chi connectivity index (χ2v) is 6.92. The van der Waals surface area contributed by atoms with Crippen molar-refractivity contribution in [1.82, 2.24) is 4.57 Å². The molecule has 0 aliphatic heterocycles. The summed E-state index contributed by atoms with van der Waals surface area (Å²) >= 11 is 2.92. The number of hydrogen-bond acceptors (Lipinski definition) is 5. The number of amides is 1. The lowest BCUT2D eigenvalue weighted by molar-refractivity contribution is -0.117. The summed E-state index contributed by atoms with van der Waals surface area (Å²) in [6, 6.07) is 9.14. The van der Waals surface area contributed by atoms with Crippen LogP contribution in [0, 0.1) is 0 Å². The highest BCUT2D eigenvalue weighted by molar-refractivity contribution is 7.16. The average Bonchev–Trinajstić information content (AvgIpc) is 3.15. The van der Waals surface area contributed by atoms with E-state index in [9.17, 15) is 9.59 Å². The van der Waals surface area contributed by atoms with E-state index in [4.69, 9.17) is 4.74 Å². The number of aromatic nitrogens is 1. The third-order valence-electron chi connectivity index (χ3n) is 3.36. The molecule has 0 fully saturated rings. The highest BCUT2D eigenvalue weighted by Crippen LogP contribution is 2.19. The number of rotatable bonds is 3. The molecule has 0 saturated carbocycles. The lowest BCUT2D eigenvalue weighted by Crippen LogP contribution is -2.13. The molecule has 1 aromatic carbocycles. The van der Waals surface area contributed by atoms with Gasteiger partial charge in [0.25, 0.3) is 5.91 Å². The SMILES string of the molecule is COC(=O)c1ccc2c(c1)sc(=NC(=O)Cc1cccs1)n2C. The molecule has 0 bridgehead atoms. The van der Waals surface area contributed by atoms with Gasteiger partial charge in [-0.3, -0.25) is 4.79 Å². The quantitative estimate of drug-likeness (QED) is 0.685. The molecule has 0 aliphatic carbocycles. The largest absolute Gasteiger partial charge is 0.465 e. The number of aryl methyl sites for hydroxylation is 1. The van der Waals surface area contributed by atoms with E-state index in [1.807, 2.05) is 35.2 Å². The van der Waals surface area contributed by atoms with Crippen LogP contribution in [0.4, 0.5) is 0 Å². The summed E-state index contributed by atoms with van der Waals surface area (Å²) in [4.78, 5) is 29.5. The summed E-state index contributed by atoms with van der Waals surface area (Å²) in [6.07, 6.45) is 0.305. The van der Waals surface area contributed by atoms with Gasteiger partial charge in [-0.25, -0.2) is 4.79 Å². The zero-order valence-electron chi connectivity index (χ0n) is 12.6. The van der Waals surface area contributed by atoms with E-state index in [2.05, 4.69) is 4.99 Å². The first-order chi connectivity index (χ1) is 11.1. The van der Waals surface area contributed by atoms with Gasteiger partial charge < -0.3 is 9.30 Å². The molecule has 23 heavy (non-hydrogen) atoms. The monoisotopic (exact) mass is 346 g/mol. The van der Waals surface area contributed by atoms with Crippen molar-refractivity contribution in [3.8, 4) is 0 Å². The minimum absolute atomic E-state index is 0.178. The van der Waals surface area contributed by atoms with Crippen molar-refractivity contribution in [2.75, 3.05) is 7.11 Å². The van der Waals surface area contributed by atoms with Crippen LogP contribution >= 0.6 is 22.7 Å². The predicted octanol–water partition coefficient (Wildman–Crippen LogP) is 2.76. The van der Waals surface area contributed by atoms with Crippen LogP contribution in [-0.4, -0.2) is 23.6 Å². The summed E-state index contributed by atoms with van der Waals surface area (Å²) in [7, 11) is 3.21. The number of methoxy groups -OCH3 is 1. The Morgan fingerprint density at radius 3 is 2.83 bits per heavy atom. The Bertz CT molecular complexity index is 936. The molecule has 0 spiro atoms. The number of carbonyl (C=O) groups excluding carboxylic acids is 2. The highest BCUT2D eigenvalue weighted by Gasteiger charge is 2.10. The van der Waals surface area contributed by atoms with Gasteiger partial charge in [-0.1, -0.05) is 17.4 Å². The van der Waals surface area contributed by atoms with Crippen LogP contribution in [0.5, 0.6) is 0 Å². The zero-order chi connectivity index (χ0) is 16.4. The maximum absolute atomic E-state index is 12.1. The number of benzene rings is 1. The normalized spacial score (nSPS) is 11.8. The standard InChI is InChI=1S/C16H14N2O3S2/c1-18-12-6-5-10(15(20)21-2)8-13(12)23-16(18)17-14(19)9-11-4-3-7-22-11/h3-8H,9H2,1-2H3. The van der Waals surface area contributed by atoms with Crippen LogP contribution in [0.3, 0.4) is 0 Å². The van der Waals surface area contributed by atoms with Gasteiger partial charge in [-0.05, 0) is 29.6 Å². The second kappa shape index (κ2) is 6.47. The molecule has 5 nitrogen and oxygen atoms in total. The summed E-state index contributed by atoms with van der Waals surface area (Å²) in [5.74, 6) is -0.557. The molecule has 0 atom stereocenters. The number of thiazole rings is 1. The van der Waals surface area contributed by atoms with Crippen LogP contribution in [0.2, 0.25) is 0 Å². The lowest BCUT2D eigenvalue weighted by Gasteiger charge is -1.99. The maximum Gasteiger partial charge on any atom is 0.337 e. The van der Waals surface area contributed by atoms with Crippen LogP contribution in [0.15, 0.2) is 40.7 Å². The first kappa shape index (κ1) is 15.6. The van der Waals surface area contributed by atoms with Gasteiger partial charge in [-0.2, -0.15) is 4.99 Å². The molecule has 3 rings (SSSR count). The Morgan fingerprint density at radius 1 is 1.30 bits per heavy atom. The second-order valence-electron chi connectivity index (χ2n) is 4.88. The number of nitrogens with zero attached hydrogens (tertiary/aromatic N) is 2. The molecule has 118 valence electrons. The lowest BCUT2D eigenvalue weighted by atomic mass is 10.2. The Labute approximate surface area is 140 Å². The molecular formula is C16H14N2O3S2.